The molecule has 5 heteroatoms. The fourth-order valence-electron chi connectivity index (χ4n) is 3.84. The fraction of sp³-hybridized carbons (Fsp3) is 0.250. The van der Waals surface area contributed by atoms with Crippen LogP contribution in [0.3, 0.4) is 0 Å². The van der Waals surface area contributed by atoms with Crippen LogP contribution in [-0.2, 0) is 20.7 Å². The van der Waals surface area contributed by atoms with E-state index in [0.29, 0.717) is 6.42 Å². The van der Waals surface area contributed by atoms with Crippen LogP contribution in [0.4, 0.5) is 0 Å². The smallest absolute Gasteiger partial charge is 0.297 e. The highest BCUT2D eigenvalue weighted by Crippen LogP contribution is 2.39. The highest BCUT2D eigenvalue weighted by Gasteiger charge is 2.28. The predicted octanol–water partition coefficient (Wildman–Crippen LogP) is 4.99. The minimum Gasteiger partial charge on any atom is -0.487 e. The molecule has 0 saturated heterocycles. The molecule has 0 N–H and O–H groups in total. The van der Waals surface area contributed by atoms with Crippen molar-refractivity contribution in [1.29, 1.82) is 0 Å². The average molecular weight is 409 g/mol. The van der Waals surface area contributed by atoms with Gasteiger partial charge in [-0.2, -0.15) is 8.42 Å². The second-order valence-electron chi connectivity index (χ2n) is 7.54. The number of rotatable bonds is 5. The Morgan fingerprint density at radius 1 is 0.931 bits per heavy atom. The van der Waals surface area contributed by atoms with E-state index in [-0.39, 0.29) is 17.6 Å². The molecule has 0 saturated carbocycles. The highest BCUT2D eigenvalue weighted by atomic mass is 32.2. The molecular weight excluding hydrogens is 384 g/mol. The van der Waals surface area contributed by atoms with E-state index in [0.717, 1.165) is 22.4 Å². The molecule has 0 amide bonds. The maximum absolute atomic E-state index is 12.5. The molecule has 0 radical (unpaired) electrons. The first-order chi connectivity index (χ1) is 13.8. The summed E-state index contributed by atoms with van der Waals surface area (Å²) < 4.78 is 36.3. The van der Waals surface area contributed by atoms with Gasteiger partial charge in [0.15, 0.2) is 0 Å². The third kappa shape index (κ3) is 3.93. The van der Waals surface area contributed by atoms with Gasteiger partial charge < -0.3 is 4.74 Å². The van der Waals surface area contributed by atoms with Gasteiger partial charge in [-0.25, -0.2) is 0 Å². The number of fused-ring (bicyclic) bond motifs is 1. The molecule has 3 aromatic carbocycles. The van der Waals surface area contributed by atoms with E-state index in [2.05, 4.69) is 38.1 Å². The molecule has 0 bridgehead atoms. The van der Waals surface area contributed by atoms with Crippen LogP contribution in [-0.4, -0.2) is 21.1 Å². The molecule has 0 aromatic heterocycles. The second-order valence-corrected chi connectivity index (χ2v) is 9.16. The molecule has 1 aliphatic heterocycles. The SMILES string of the molecule is Cc1ccc(S(=O)(=O)OCC2Cc3c(cccc3-c3c(C)cccc3C)O2)cc1. The summed E-state index contributed by atoms with van der Waals surface area (Å²) >= 11 is 0. The number of ether oxygens (including phenoxy) is 1. The maximum Gasteiger partial charge on any atom is 0.297 e. The normalized spacial score (nSPS) is 15.8. The van der Waals surface area contributed by atoms with Crippen LogP contribution < -0.4 is 4.74 Å². The van der Waals surface area contributed by atoms with Crippen molar-refractivity contribution < 1.29 is 17.3 Å². The zero-order valence-electron chi connectivity index (χ0n) is 16.8. The summed E-state index contributed by atoms with van der Waals surface area (Å²) in [6.07, 6.45) is 0.276. The molecule has 0 aliphatic carbocycles. The lowest BCUT2D eigenvalue weighted by Gasteiger charge is -2.13. The number of hydrogen-bond acceptors (Lipinski definition) is 4. The number of benzene rings is 3. The van der Waals surface area contributed by atoms with Gasteiger partial charge in [0.25, 0.3) is 10.1 Å². The topological polar surface area (TPSA) is 52.6 Å². The third-order valence-electron chi connectivity index (χ3n) is 5.33. The summed E-state index contributed by atoms with van der Waals surface area (Å²) in [6.45, 7) is 6.10. The first kappa shape index (κ1) is 19.7. The summed E-state index contributed by atoms with van der Waals surface area (Å²) in [6, 6.07) is 18.9. The molecule has 150 valence electrons. The quantitative estimate of drug-likeness (QED) is 0.558. The van der Waals surface area contributed by atoms with Gasteiger partial charge in [0.2, 0.25) is 0 Å². The molecule has 29 heavy (non-hydrogen) atoms. The van der Waals surface area contributed by atoms with Crippen LogP contribution in [0.2, 0.25) is 0 Å². The van der Waals surface area contributed by atoms with Crippen LogP contribution in [0.1, 0.15) is 22.3 Å². The predicted molar refractivity (Wildman–Crippen MR) is 114 cm³/mol. The van der Waals surface area contributed by atoms with Crippen molar-refractivity contribution in [3.05, 3.63) is 82.9 Å². The fourth-order valence-corrected chi connectivity index (χ4v) is 4.78. The average Bonchev–Trinajstić information content (AvgIpc) is 3.11. The van der Waals surface area contributed by atoms with Crippen molar-refractivity contribution >= 4 is 10.1 Å². The van der Waals surface area contributed by atoms with Crippen molar-refractivity contribution in [2.75, 3.05) is 6.61 Å². The summed E-state index contributed by atoms with van der Waals surface area (Å²) in [4.78, 5) is 0.162. The Morgan fingerprint density at radius 2 is 1.59 bits per heavy atom. The van der Waals surface area contributed by atoms with E-state index in [1.807, 2.05) is 19.1 Å². The minimum absolute atomic E-state index is 0.0168. The van der Waals surface area contributed by atoms with Crippen LogP contribution in [0.15, 0.2) is 65.6 Å². The number of aryl methyl sites for hydroxylation is 3. The van der Waals surface area contributed by atoms with Gasteiger partial charge in [-0.3, -0.25) is 4.18 Å². The van der Waals surface area contributed by atoms with Crippen molar-refractivity contribution in [2.24, 2.45) is 0 Å². The Kier molecular flexibility index (Phi) is 5.19. The number of hydrogen-bond donors (Lipinski definition) is 0. The van der Waals surface area contributed by atoms with Gasteiger partial charge in [0.05, 0.1) is 4.90 Å². The molecule has 3 aromatic rings. The van der Waals surface area contributed by atoms with E-state index < -0.39 is 10.1 Å². The first-order valence-electron chi connectivity index (χ1n) is 9.66. The Labute approximate surface area is 172 Å². The Bertz CT molecular complexity index is 1130. The van der Waals surface area contributed by atoms with E-state index in [9.17, 15) is 8.42 Å². The van der Waals surface area contributed by atoms with E-state index in [1.165, 1.54) is 16.7 Å². The summed E-state index contributed by atoms with van der Waals surface area (Å²) in [5.41, 5.74) is 6.87. The van der Waals surface area contributed by atoms with Crippen molar-refractivity contribution in [3.8, 4) is 16.9 Å². The van der Waals surface area contributed by atoms with Gasteiger partial charge in [-0.15, -0.1) is 0 Å². The lowest BCUT2D eigenvalue weighted by atomic mass is 9.91. The highest BCUT2D eigenvalue weighted by molar-refractivity contribution is 7.86. The Balaban J connectivity index is 1.54. The Hall–Kier alpha value is -2.63. The van der Waals surface area contributed by atoms with Gasteiger partial charge >= 0.3 is 0 Å². The Morgan fingerprint density at radius 3 is 2.28 bits per heavy atom. The zero-order chi connectivity index (χ0) is 20.6. The maximum atomic E-state index is 12.5. The van der Waals surface area contributed by atoms with Gasteiger partial charge in [0.1, 0.15) is 18.5 Å². The minimum atomic E-state index is -3.81. The summed E-state index contributed by atoms with van der Waals surface area (Å²) in [5.74, 6) is 0.798. The molecule has 4 rings (SSSR count). The monoisotopic (exact) mass is 408 g/mol. The summed E-state index contributed by atoms with van der Waals surface area (Å²) in [7, 11) is -3.81. The molecule has 0 fully saturated rings. The molecular formula is C24H24O4S. The molecule has 1 heterocycles. The lowest BCUT2D eigenvalue weighted by molar-refractivity contribution is 0.152. The van der Waals surface area contributed by atoms with Crippen molar-refractivity contribution in [2.45, 2.75) is 38.2 Å². The third-order valence-corrected chi connectivity index (χ3v) is 6.62. The van der Waals surface area contributed by atoms with E-state index in [4.69, 9.17) is 8.92 Å². The molecule has 1 unspecified atom stereocenters. The first-order valence-corrected chi connectivity index (χ1v) is 11.1. The van der Waals surface area contributed by atoms with Crippen molar-refractivity contribution in [3.63, 3.8) is 0 Å². The van der Waals surface area contributed by atoms with Crippen LogP contribution in [0.5, 0.6) is 5.75 Å². The van der Waals surface area contributed by atoms with Crippen molar-refractivity contribution in [1.82, 2.24) is 0 Å². The standard InChI is InChI=1S/C24H24O4S/c1-16-10-12-20(13-11-16)29(25,26)27-15-19-14-22-21(8-5-9-23(22)28-19)24-17(2)6-4-7-18(24)3/h4-13,19H,14-15H2,1-3H3. The molecule has 0 spiro atoms. The van der Waals surface area contributed by atoms with E-state index >= 15 is 0 Å². The van der Waals surface area contributed by atoms with Crippen LogP contribution in [0.25, 0.3) is 11.1 Å². The van der Waals surface area contributed by atoms with Gasteiger partial charge in [-0.1, -0.05) is 48.0 Å². The largest absolute Gasteiger partial charge is 0.487 e. The molecule has 4 nitrogen and oxygen atoms in total. The lowest BCUT2D eigenvalue weighted by Crippen LogP contribution is -2.23. The zero-order valence-corrected chi connectivity index (χ0v) is 17.6. The van der Waals surface area contributed by atoms with Gasteiger partial charge in [-0.05, 0) is 61.2 Å². The van der Waals surface area contributed by atoms with E-state index in [1.54, 1.807) is 24.3 Å². The van der Waals surface area contributed by atoms with Gasteiger partial charge in [0, 0.05) is 12.0 Å². The van der Waals surface area contributed by atoms with Crippen LogP contribution in [0, 0.1) is 20.8 Å². The molecule has 1 atom stereocenters. The molecule has 1 aliphatic rings. The summed E-state index contributed by atoms with van der Waals surface area (Å²) in [5, 5.41) is 0. The second kappa shape index (κ2) is 7.65. The van der Waals surface area contributed by atoms with Crippen LogP contribution >= 0.6 is 0 Å².